The Kier molecular flexibility index (Phi) is 3.94. The van der Waals surface area contributed by atoms with Crippen LogP contribution < -0.4 is 0 Å². The topological polar surface area (TPSA) is 20.2 Å². The molecule has 1 rings (SSSR count). The zero-order valence-electron chi connectivity index (χ0n) is 8.05. The third-order valence-electron chi connectivity index (χ3n) is 2.29. The highest BCUT2D eigenvalue weighted by Crippen LogP contribution is 2.28. The fourth-order valence-corrected chi connectivity index (χ4v) is 2.29. The van der Waals surface area contributed by atoms with Gasteiger partial charge in [-0.05, 0) is 17.5 Å². The average molecular weight is 243 g/mol. The van der Waals surface area contributed by atoms with Crippen LogP contribution >= 0.6 is 15.9 Å². The Balaban J connectivity index is 3.08. The molecule has 1 nitrogen and oxygen atoms in total. The van der Waals surface area contributed by atoms with Crippen molar-refractivity contribution in [3.63, 3.8) is 0 Å². The van der Waals surface area contributed by atoms with Crippen LogP contribution in [0.25, 0.3) is 0 Å². The first-order valence-corrected chi connectivity index (χ1v) is 5.38. The molecule has 0 radical (unpaired) electrons. The van der Waals surface area contributed by atoms with Gasteiger partial charge in [-0.15, -0.1) is 0 Å². The lowest BCUT2D eigenvalue weighted by Crippen LogP contribution is -2.01. The highest BCUT2D eigenvalue weighted by atomic mass is 79.9. The summed E-state index contributed by atoms with van der Waals surface area (Å²) in [6.07, 6.45) is 1.02. The molecule has 1 aromatic carbocycles. The van der Waals surface area contributed by atoms with Gasteiger partial charge in [-0.25, -0.2) is 0 Å². The summed E-state index contributed by atoms with van der Waals surface area (Å²) in [5.74, 6) is 0.209. The molecule has 0 aliphatic heterocycles. The molecule has 0 spiro atoms. The van der Waals surface area contributed by atoms with Crippen LogP contribution in [0.15, 0.2) is 22.7 Å². The van der Waals surface area contributed by atoms with Gasteiger partial charge < -0.3 is 5.11 Å². The molecule has 13 heavy (non-hydrogen) atoms. The summed E-state index contributed by atoms with van der Waals surface area (Å²) >= 11 is 3.57. The van der Waals surface area contributed by atoms with Crippen LogP contribution in [0.4, 0.5) is 0 Å². The lowest BCUT2D eigenvalue weighted by molar-refractivity contribution is 0.272. The van der Waals surface area contributed by atoms with Crippen LogP contribution in [0.1, 0.15) is 30.9 Å². The number of aryl methyl sites for hydroxylation is 1. The van der Waals surface area contributed by atoms with Gasteiger partial charge in [0.2, 0.25) is 0 Å². The molecule has 1 unspecified atom stereocenters. The monoisotopic (exact) mass is 242 g/mol. The van der Waals surface area contributed by atoms with Gasteiger partial charge >= 0.3 is 0 Å². The van der Waals surface area contributed by atoms with Crippen molar-refractivity contribution in [1.29, 1.82) is 0 Å². The predicted octanol–water partition coefficient (Wildman–Crippen LogP) is 3.11. The molecule has 0 aromatic heterocycles. The van der Waals surface area contributed by atoms with Gasteiger partial charge in [-0.1, -0.05) is 48.0 Å². The molecule has 1 aromatic rings. The first-order valence-electron chi connectivity index (χ1n) is 4.58. The Labute approximate surface area is 87.9 Å². The molecule has 0 heterocycles. The molecule has 0 bridgehead atoms. The van der Waals surface area contributed by atoms with E-state index in [1.807, 2.05) is 13.0 Å². The SMILES string of the molecule is CCc1cccc(C(C)CO)c1Br. The largest absolute Gasteiger partial charge is 0.396 e. The summed E-state index contributed by atoms with van der Waals surface area (Å²) in [6, 6.07) is 6.22. The lowest BCUT2D eigenvalue weighted by atomic mass is 9.99. The zero-order valence-corrected chi connectivity index (χ0v) is 9.63. The summed E-state index contributed by atoms with van der Waals surface area (Å²) in [6.45, 7) is 4.36. The number of halogens is 1. The maximum Gasteiger partial charge on any atom is 0.0497 e. The number of hydrogen-bond acceptors (Lipinski definition) is 1. The van der Waals surface area contributed by atoms with Crippen LogP contribution in [0.3, 0.4) is 0 Å². The van der Waals surface area contributed by atoms with Gasteiger partial charge in [0.05, 0.1) is 0 Å². The minimum absolute atomic E-state index is 0.200. The van der Waals surface area contributed by atoms with Crippen LogP contribution in [0.2, 0.25) is 0 Å². The molecule has 1 atom stereocenters. The second kappa shape index (κ2) is 4.77. The third kappa shape index (κ3) is 2.32. The molecular formula is C11H15BrO. The summed E-state index contributed by atoms with van der Waals surface area (Å²) in [7, 11) is 0. The Hall–Kier alpha value is -0.340. The van der Waals surface area contributed by atoms with E-state index in [9.17, 15) is 0 Å². The number of hydrogen-bond donors (Lipinski definition) is 1. The van der Waals surface area contributed by atoms with Crippen molar-refractivity contribution in [2.24, 2.45) is 0 Å². The van der Waals surface area contributed by atoms with E-state index in [4.69, 9.17) is 5.11 Å². The van der Waals surface area contributed by atoms with Gasteiger partial charge in [-0.3, -0.25) is 0 Å². The van der Waals surface area contributed by atoms with Gasteiger partial charge in [0.25, 0.3) is 0 Å². The number of benzene rings is 1. The zero-order chi connectivity index (χ0) is 9.84. The van der Waals surface area contributed by atoms with Crippen LogP contribution in [-0.4, -0.2) is 11.7 Å². The molecule has 0 saturated heterocycles. The van der Waals surface area contributed by atoms with Crippen molar-refractivity contribution in [1.82, 2.24) is 0 Å². The summed E-state index contributed by atoms with van der Waals surface area (Å²) < 4.78 is 1.15. The normalized spacial score (nSPS) is 12.9. The molecule has 1 N–H and O–H groups in total. The van der Waals surface area contributed by atoms with Gasteiger partial charge in [0, 0.05) is 17.0 Å². The van der Waals surface area contributed by atoms with E-state index in [1.54, 1.807) is 0 Å². The molecule has 0 aliphatic carbocycles. The molecule has 0 fully saturated rings. The van der Waals surface area contributed by atoms with E-state index < -0.39 is 0 Å². The minimum Gasteiger partial charge on any atom is -0.396 e. The van der Waals surface area contributed by atoms with E-state index in [-0.39, 0.29) is 12.5 Å². The Morgan fingerprint density at radius 1 is 1.46 bits per heavy atom. The second-order valence-electron chi connectivity index (χ2n) is 3.26. The average Bonchev–Trinajstić information content (AvgIpc) is 2.17. The number of aliphatic hydroxyl groups is 1. The van der Waals surface area contributed by atoms with Crippen molar-refractivity contribution in [2.75, 3.05) is 6.61 Å². The Morgan fingerprint density at radius 2 is 2.15 bits per heavy atom. The van der Waals surface area contributed by atoms with Crippen molar-refractivity contribution < 1.29 is 5.11 Å². The van der Waals surface area contributed by atoms with Gasteiger partial charge in [-0.2, -0.15) is 0 Å². The van der Waals surface area contributed by atoms with E-state index in [1.165, 1.54) is 11.1 Å². The predicted molar refractivity (Wildman–Crippen MR) is 59.0 cm³/mol. The maximum absolute atomic E-state index is 9.06. The fourth-order valence-electron chi connectivity index (χ4n) is 1.35. The number of aliphatic hydroxyl groups excluding tert-OH is 1. The summed E-state index contributed by atoms with van der Waals surface area (Å²) in [4.78, 5) is 0. The summed E-state index contributed by atoms with van der Waals surface area (Å²) in [5.41, 5.74) is 2.50. The number of rotatable bonds is 3. The van der Waals surface area contributed by atoms with Gasteiger partial charge in [0.15, 0.2) is 0 Å². The Morgan fingerprint density at radius 3 is 2.69 bits per heavy atom. The molecule has 72 valence electrons. The van der Waals surface area contributed by atoms with Gasteiger partial charge in [0.1, 0.15) is 0 Å². The lowest BCUT2D eigenvalue weighted by Gasteiger charge is -2.13. The minimum atomic E-state index is 0.200. The molecule has 0 amide bonds. The van der Waals surface area contributed by atoms with E-state index in [2.05, 4.69) is 35.0 Å². The second-order valence-corrected chi connectivity index (χ2v) is 4.05. The highest BCUT2D eigenvalue weighted by Gasteiger charge is 2.09. The van der Waals surface area contributed by atoms with Crippen LogP contribution in [-0.2, 0) is 6.42 Å². The standard InChI is InChI=1S/C11H15BrO/c1-3-9-5-4-6-10(11(9)12)8(2)7-13/h4-6,8,13H,3,7H2,1-2H3. The van der Waals surface area contributed by atoms with Crippen molar-refractivity contribution in [3.8, 4) is 0 Å². The van der Waals surface area contributed by atoms with E-state index >= 15 is 0 Å². The molecule has 0 aliphatic rings. The third-order valence-corrected chi connectivity index (χ3v) is 3.26. The van der Waals surface area contributed by atoms with Crippen molar-refractivity contribution in [2.45, 2.75) is 26.2 Å². The van der Waals surface area contributed by atoms with Crippen LogP contribution in [0.5, 0.6) is 0 Å². The van der Waals surface area contributed by atoms with E-state index in [0.29, 0.717) is 0 Å². The molecule has 0 saturated carbocycles. The van der Waals surface area contributed by atoms with E-state index in [0.717, 1.165) is 10.9 Å². The summed E-state index contributed by atoms with van der Waals surface area (Å²) in [5, 5.41) is 9.06. The highest BCUT2D eigenvalue weighted by molar-refractivity contribution is 9.10. The van der Waals surface area contributed by atoms with Crippen LogP contribution in [0, 0.1) is 0 Å². The fraction of sp³-hybridized carbons (Fsp3) is 0.455. The first kappa shape index (κ1) is 10.7. The quantitative estimate of drug-likeness (QED) is 0.864. The van der Waals surface area contributed by atoms with Crippen molar-refractivity contribution >= 4 is 15.9 Å². The molecule has 2 heteroatoms. The molecular weight excluding hydrogens is 228 g/mol. The maximum atomic E-state index is 9.06. The first-order chi connectivity index (χ1) is 6.20. The Bertz CT molecular complexity index is 283. The smallest absolute Gasteiger partial charge is 0.0497 e. The van der Waals surface area contributed by atoms with Crippen molar-refractivity contribution in [3.05, 3.63) is 33.8 Å².